The normalized spacial score (nSPS) is 23.2. The lowest BCUT2D eigenvalue weighted by molar-refractivity contribution is -0.151. The van der Waals surface area contributed by atoms with Crippen molar-refractivity contribution >= 4 is 21.0 Å². The quantitative estimate of drug-likeness (QED) is 0.132. The molecule has 112 valence electrons. The van der Waals surface area contributed by atoms with Crippen LogP contribution in [0.1, 0.15) is 6.92 Å². The van der Waals surface area contributed by atoms with Crippen molar-refractivity contribution in [2.24, 2.45) is 0 Å². The zero-order valence-electron chi connectivity index (χ0n) is 10.3. The summed E-state index contributed by atoms with van der Waals surface area (Å²) < 4.78 is 8.77. The molecule has 7 unspecified atom stereocenters. The van der Waals surface area contributed by atoms with E-state index in [9.17, 15) is 25.5 Å². The van der Waals surface area contributed by atoms with Crippen LogP contribution in [0, 0.1) is 0 Å². The van der Waals surface area contributed by atoms with Crippen molar-refractivity contribution < 1.29 is 39.5 Å². The monoisotopic (exact) mass is 298 g/mol. The van der Waals surface area contributed by atoms with Crippen molar-refractivity contribution in [1.29, 1.82) is 0 Å². The standard InChI is InChI=1S/C9H19BO8S/c1-3(12)5(14)9(18-19)7(16)6(15)8(17-10)4(13)2-11/h3-9,11-16,19H,2H2,1H3. The lowest BCUT2D eigenvalue weighted by Gasteiger charge is -2.34. The van der Waals surface area contributed by atoms with E-state index in [1.807, 2.05) is 0 Å². The largest absolute Gasteiger partial charge is 0.440 e. The van der Waals surface area contributed by atoms with Gasteiger partial charge in [-0.15, -0.1) is 0 Å². The number of hydrogen-bond donors (Lipinski definition) is 7. The van der Waals surface area contributed by atoms with Crippen LogP contribution in [-0.2, 0) is 8.84 Å². The average Bonchev–Trinajstić information content (AvgIpc) is 2.39. The molecular formula is C9H19BO8S. The number of rotatable bonds is 9. The molecule has 0 aromatic heterocycles. The van der Waals surface area contributed by atoms with Crippen molar-refractivity contribution in [1.82, 2.24) is 0 Å². The number of aliphatic hydroxyl groups is 6. The molecular weight excluding hydrogens is 279 g/mol. The van der Waals surface area contributed by atoms with E-state index in [0.717, 1.165) is 0 Å². The molecule has 0 bridgehead atoms. The van der Waals surface area contributed by atoms with E-state index in [0.29, 0.717) is 0 Å². The summed E-state index contributed by atoms with van der Waals surface area (Å²) in [6, 6.07) is 0. The van der Waals surface area contributed by atoms with Crippen LogP contribution in [-0.4, -0.2) is 88.0 Å². The predicted octanol–water partition coefficient (Wildman–Crippen LogP) is -3.50. The first-order valence-electron chi connectivity index (χ1n) is 5.48. The highest BCUT2D eigenvalue weighted by molar-refractivity contribution is 7.75. The molecule has 0 aromatic carbocycles. The zero-order valence-corrected chi connectivity index (χ0v) is 11.2. The fraction of sp³-hybridized carbons (Fsp3) is 1.00. The summed E-state index contributed by atoms with van der Waals surface area (Å²) >= 11 is 3.43. The molecule has 0 aromatic rings. The van der Waals surface area contributed by atoms with Gasteiger partial charge < -0.3 is 39.5 Å². The van der Waals surface area contributed by atoms with Gasteiger partial charge in [0.2, 0.25) is 0 Å². The zero-order chi connectivity index (χ0) is 15.2. The third-order valence-corrected chi connectivity index (χ3v) is 2.94. The summed E-state index contributed by atoms with van der Waals surface area (Å²) in [5.41, 5.74) is 0. The Balaban J connectivity index is 4.88. The Morgan fingerprint density at radius 2 is 1.47 bits per heavy atom. The Bertz CT molecular complexity index is 246. The van der Waals surface area contributed by atoms with E-state index in [1.165, 1.54) is 6.92 Å². The topological polar surface area (TPSA) is 140 Å². The highest BCUT2D eigenvalue weighted by atomic mass is 32.1. The van der Waals surface area contributed by atoms with Crippen molar-refractivity contribution in [3.05, 3.63) is 0 Å². The van der Waals surface area contributed by atoms with Gasteiger partial charge in [0.15, 0.2) is 0 Å². The van der Waals surface area contributed by atoms with E-state index in [1.54, 1.807) is 0 Å². The molecule has 0 aliphatic rings. The summed E-state index contributed by atoms with van der Waals surface area (Å²) in [7, 11) is 4.85. The van der Waals surface area contributed by atoms with Crippen molar-refractivity contribution in [2.45, 2.75) is 49.7 Å². The highest BCUT2D eigenvalue weighted by Crippen LogP contribution is 2.18. The number of aliphatic hydroxyl groups excluding tert-OH is 6. The van der Waals surface area contributed by atoms with Gasteiger partial charge in [0.1, 0.15) is 30.5 Å². The number of hydrogen-bond acceptors (Lipinski definition) is 9. The fourth-order valence-corrected chi connectivity index (χ4v) is 1.74. The summed E-state index contributed by atoms with van der Waals surface area (Å²) in [6.45, 7) is 0.472. The summed E-state index contributed by atoms with van der Waals surface area (Å²) in [6.07, 6.45) is -10.9. The van der Waals surface area contributed by atoms with Crippen molar-refractivity contribution in [3.8, 4) is 0 Å². The Kier molecular flexibility index (Phi) is 9.15. The minimum absolute atomic E-state index is 0.767. The van der Waals surface area contributed by atoms with Crippen LogP contribution < -0.4 is 0 Å². The van der Waals surface area contributed by atoms with Crippen molar-refractivity contribution in [2.75, 3.05) is 6.61 Å². The van der Waals surface area contributed by atoms with Crippen LogP contribution in [0.15, 0.2) is 0 Å². The van der Waals surface area contributed by atoms with Gasteiger partial charge >= 0.3 is 0 Å². The van der Waals surface area contributed by atoms with Gasteiger partial charge in [0.25, 0.3) is 8.05 Å². The molecule has 0 spiro atoms. The molecule has 0 rings (SSSR count). The lowest BCUT2D eigenvalue weighted by atomic mass is 9.94. The van der Waals surface area contributed by atoms with Crippen LogP contribution in [0.4, 0.5) is 0 Å². The maximum Gasteiger partial charge on any atom is 0.283 e. The van der Waals surface area contributed by atoms with E-state index in [4.69, 9.17) is 13.2 Å². The number of thiol groups is 1. The second-order valence-electron chi connectivity index (χ2n) is 4.13. The third-order valence-electron chi connectivity index (χ3n) is 2.70. The molecule has 6 N–H and O–H groups in total. The van der Waals surface area contributed by atoms with E-state index in [2.05, 4.69) is 21.7 Å². The van der Waals surface area contributed by atoms with Gasteiger partial charge in [0, 0.05) is 0 Å². The highest BCUT2D eigenvalue weighted by Gasteiger charge is 2.40. The van der Waals surface area contributed by atoms with E-state index < -0.39 is 49.3 Å². The Hall–Kier alpha value is 0.0949. The Morgan fingerprint density at radius 1 is 1.00 bits per heavy atom. The van der Waals surface area contributed by atoms with Gasteiger partial charge in [-0.3, -0.25) is 0 Å². The average molecular weight is 298 g/mol. The molecule has 19 heavy (non-hydrogen) atoms. The molecule has 0 fully saturated rings. The van der Waals surface area contributed by atoms with Gasteiger partial charge in [-0.2, -0.15) is 0 Å². The molecule has 7 atom stereocenters. The molecule has 0 saturated heterocycles. The Labute approximate surface area is 117 Å². The molecule has 10 heteroatoms. The SMILES string of the molecule is [B]OC(C(O)CO)C(O)C(O)C(OS)C(O)C(C)O. The second kappa shape index (κ2) is 9.11. The molecule has 8 nitrogen and oxygen atoms in total. The fourth-order valence-electron chi connectivity index (χ4n) is 1.49. The van der Waals surface area contributed by atoms with Gasteiger partial charge in [-0.25, -0.2) is 0 Å². The molecule has 0 saturated carbocycles. The summed E-state index contributed by atoms with van der Waals surface area (Å²) in [5.74, 6) is 0. The van der Waals surface area contributed by atoms with Crippen LogP contribution >= 0.6 is 12.9 Å². The first kappa shape index (κ1) is 19.1. The maximum absolute atomic E-state index is 9.82. The predicted molar refractivity (Wildman–Crippen MR) is 67.3 cm³/mol. The lowest BCUT2D eigenvalue weighted by Crippen LogP contribution is -2.55. The van der Waals surface area contributed by atoms with Crippen LogP contribution in [0.25, 0.3) is 0 Å². The van der Waals surface area contributed by atoms with Crippen LogP contribution in [0.5, 0.6) is 0 Å². The molecule has 0 aliphatic carbocycles. The van der Waals surface area contributed by atoms with Crippen molar-refractivity contribution in [3.63, 3.8) is 0 Å². The minimum Gasteiger partial charge on any atom is -0.440 e. The van der Waals surface area contributed by atoms with Crippen LogP contribution in [0.2, 0.25) is 0 Å². The molecule has 0 amide bonds. The first-order chi connectivity index (χ1) is 8.81. The second-order valence-corrected chi connectivity index (χ2v) is 4.34. The Morgan fingerprint density at radius 3 is 1.79 bits per heavy atom. The van der Waals surface area contributed by atoms with Gasteiger partial charge in [-0.05, 0) is 19.8 Å². The third kappa shape index (κ3) is 5.18. The minimum atomic E-state index is -1.79. The molecule has 0 heterocycles. The van der Waals surface area contributed by atoms with Gasteiger partial charge in [-0.1, -0.05) is 0 Å². The first-order valence-corrected chi connectivity index (χ1v) is 5.85. The van der Waals surface area contributed by atoms with E-state index in [-0.39, 0.29) is 0 Å². The molecule has 0 aliphatic heterocycles. The molecule has 2 radical (unpaired) electrons. The van der Waals surface area contributed by atoms with E-state index >= 15 is 0 Å². The van der Waals surface area contributed by atoms with Crippen LogP contribution in [0.3, 0.4) is 0 Å². The smallest absolute Gasteiger partial charge is 0.283 e. The summed E-state index contributed by atoms with van der Waals surface area (Å²) in [5, 5.41) is 56.5. The summed E-state index contributed by atoms with van der Waals surface area (Å²) in [4.78, 5) is 0. The maximum atomic E-state index is 9.82. The van der Waals surface area contributed by atoms with Gasteiger partial charge in [0.05, 0.1) is 18.8 Å².